The fourth-order valence-electron chi connectivity index (χ4n) is 0.906. The largest absolute Gasteiger partial charge is 0.399 e. The average molecular weight is 167 g/mol. The number of aliphatic hydroxyl groups is 2. The summed E-state index contributed by atoms with van der Waals surface area (Å²) in [5.74, 6) is 0. The van der Waals surface area contributed by atoms with Crippen LogP contribution in [0.4, 0.5) is 0 Å². The molecule has 0 spiro atoms. The third-order valence-corrected chi connectivity index (χ3v) is 3.48. The Bertz CT molecular complexity index is 197. The molecule has 0 aliphatic carbocycles. The lowest BCUT2D eigenvalue weighted by atomic mass is 10.4. The van der Waals surface area contributed by atoms with Crippen LogP contribution in [0.15, 0.2) is 30.3 Å². The molecular formula is C8H11O2Si. The third kappa shape index (κ3) is 2.15. The van der Waals surface area contributed by atoms with Gasteiger partial charge in [0.2, 0.25) is 0 Å². The fourth-order valence-corrected chi connectivity index (χ4v) is 2.04. The van der Waals surface area contributed by atoms with E-state index in [4.69, 9.17) is 10.2 Å². The van der Waals surface area contributed by atoms with E-state index in [1.54, 1.807) is 0 Å². The van der Waals surface area contributed by atoms with Gasteiger partial charge in [0.05, 0.1) is 0 Å². The summed E-state index contributed by atoms with van der Waals surface area (Å²) in [7, 11) is -1.09. The van der Waals surface area contributed by atoms with E-state index in [0.717, 1.165) is 5.19 Å². The molecule has 1 rings (SSSR count). The minimum absolute atomic E-state index is 0.102. The quantitative estimate of drug-likeness (QED) is 0.593. The molecule has 0 saturated heterocycles. The van der Waals surface area contributed by atoms with Crippen molar-refractivity contribution in [3.63, 3.8) is 0 Å². The molecule has 0 aromatic heterocycles. The number of aliphatic hydroxyl groups excluding tert-OH is 2. The second kappa shape index (κ2) is 4.28. The zero-order chi connectivity index (χ0) is 8.10. The van der Waals surface area contributed by atoms with Crippen LogP contribution in [0.5, 0.6) is 0 Å². The topological polar surface area (TPSA) is 40.5 Å². The van der Waals surface area contributed by atoms with Crippen molar-refractivity contribution in [1.29, 1.82) is 0 Å². The fraction of sp³-hybridized carbons (Fsp3) is 0.250. The van der Waals surface area contributed by atoms with Crippen LogP contribution >= 0.6 is 0 Å². The van der Waals surface area contributed by atoms with E-state index < -0.39 is 8.80 Å². The van der Waals surface area contributed by atoms with E-state index in [0.29, 0.717) is 0 Å². The first-order chi connectivity index (χ1) is 5.38. The summed E-state index contributed by atoms with van der Waals surface area (Å²) in [6.45, 7) is 0. The van der Waals surface area contributed by atoms with Crippen LogP contribution in [0.25, 0.3) is 0 Å². The van der Waals surface area contributed by atoms with Crippen molar-refractivity contribution in [3.05, 3.63) is 30.3 Å². The molecule has 0 aliphatic rings. The van der Waals surface area contributed by atoms with Gasteiger partial charge in [-0.25, -0.2) is 0 Å². The lowest BCUT2D eigenvalue weighted by Crippen LogP contribution is -2.38. The summed E-state index contributed by atoms with van der Waals surface area (Å²) in [5.41, 5.74) is 0. The van der Waals surface area contributed by atoms with Gasteiger partial charge in [0, 0.05) is 12.5 Å². The lowest BCUT2D eigenvalue weighted by molar-refractivity contribution is 0.332. The molecule has 0 saturated carbocycles. The van der Waals surface area contributed by atoms with Gasteiger partial charge in [0.15, 0.2) is 0 Å². The maximum atomic E-state index is 8.86. The van der Waals surface area contributed by atoms with Gasteiger partial charge >= 0.3 is 0 Å². The number of rotatable bonds is 3. The molecule has 0 aliphatic heterocycles. The molecule has 1 aromatic rings. The first-order valence-corrected chi connectivity index (χ1v) is 5.41. The smallest absolute Gasteiger partial charge is 0.145 e. The molecule has 1 radical (unpaired) electrons. The van der Waals surface area contributed by atoms with E-state index in [9.17, 15) is 0 Å². The molecule has 0 unspecified atom stereocenters. The highest BCUT2D eigenvalue weighted by Crippen LogP contribution is 1.86. The monoisotopic (exact) mass is 167 g/mol. The molecular weight excluding hydrogens is 156 g/mol. The maximum Gasteiger partial charge on any atom is 0.145 e. The highest BCUT2D eigenvalue weighted by molar-refractivity contribution is 6.72. The van der Waals surface area contributed by atoms with Gasteiger partial charge in [-0.1, -0.05) is 35.5 Å². The van der Waals surface area contributed by atoms with E-state index in [1.807, 2.05) is 30.3 Å². The molecule has 2 N–H and O–H groups in total. The van der Waals surface area contributed by atoms with E-state index in [2.05, 4.69) is 0 Å². The van der Waals surface area contributed by atoms with Gasteiger partial charge in [-0.3, -0.25) is 0 Å². The number of hydrogen-bond donors (Lipinski definition) is 2. The molecule has 0 heterocycles. The molecule has 59 valence electrons. The molecule has 0 bridgehead atoms. The summed E-state index contributed by atoms with van der Waals surface area (Å²) in [6.07, 6.45) is 0.205. The molecule has 3 heteroatoms. The third-order valence-electron chi connectivity index (χ3n) is 1.56. The zero-order valence-electron chi connectivity index (χ0n) is 6.20. The maximum absolute atomic E-state index is 8.86. The first kappa shape index (κ1) is 8.45. The summed E-state index contributed by atoms with van der Waals surface area (Å²) in [5, 5.41) is 18.8. The van der Waals surface area contributed by atoms with Gasteiger partial charge in [-0.2, -0.15) is 0 Å². The summed E-state index contributed by atoms with van der Waals surface area (Å²) < 4.78 is 0. The van der Waals surface area contributed by atoms with Gasteiger partial charge < -0.3 is 10.2 Å². The van der Waals surface area contributed by atoms with Crippen LogP contribution in [0.3, 0.4) is 0 Å². The highest BCUT2D eigenvalue weighted by atomic mass is 28.3. The van der Waals surface area contributed by atoms with Crippen LogP contribution in [0.2, 0.25) is 0 Å². The Labute approximate surface area is 67.7 Å². The van der Waals surface area contributed by atoms with Crippen molar-refractivity contribution in [2.75, 3.05) is 12.5 Å². The van der Waals surface area contributed by atoms with Crippen LogP contribution in [-0.4, -0.2) is 31.5 Å². The molecule has 2 nitrogen and oxygen atoms in total. The van der Waals surface area contributed by atoms with Crippen LogP contribution in [-0.2, 0) is 0 Å². The average Bonchev–Trinajstić information content (AvgIpc) is 2.09. The van der Waals surface area contributed by atoms with Crippen LogP contribution in [0, 0.1) is 0 Å². The van der Waals surface area contributed by atoms with E-state index >= 15 is 0 Å². The SMILES string of the molecule is OC[Si](CO)c1ccccc1. The molecule has 1 aromatic carbocycles. The Kier molecular flexibility index (Phi) is 3.29. The normalized spacial score (nSPS) is 10.5. The van der Waals surface area contributed by atoms with Gasteiger partial charge in [-0.05, 0) is 0 Å². The van der Waals surface area contributed by atoms with Crippen molar-refractivity contribution >= 4 is 14.0 Å². The van der Waals surface area contributed by atoms with Crippen molar-refractivity contribution in [3.8, 4) is 0 Å². The van der Waals surface area contributed by atoms with Gasteiger partial charge in [0.25, 0.3) is 0 Å². The number of hydrogen-bond acceptors (Lipinski definition) is 2. The second-order valence-corrected chi connectivity index (χ2v) is 4.70. The molecule has 0 atom stereocenters. The molecule has 0 amide bonds. The minimum atomic E-state index is -1.09. The van der Waals surface area contributed by atoms with Crippen LogP contribution in [0.1, 0.15) is 0 Å². The predicted molar refractivity (Wildman–Crippen MR) is 46.0 cm³/mol. The van der Waals surface area contributed by atoms with Crippen molar-refractivity contribution < 1.29 is 10.2 Å². The Morgan fingerprint density at radius 2 is 1.55 bits per heavy atom. The van der Waals surface area contributed by atoms with Crippen molar-refractivity contribution in [2.24, 2.45) is 0 Å². The van der Waals surface area contributed by atoms with E-state index in [1.165, 1.54) is 0 Å². The highest BCUT2D eigenvalue weighted by Gasteiger charge is 2.09. The first-order valence-electron chi connectivity index (χ1n) is 3.50. The van der Waals surface area contributed by atoms with Gasteiger partial charge in [0.1, 0.15) is 8.80 Å². The van der Waals surface area contributed by atoms with Gasteiger partial charge in [-0.15, -0.1) is 0 Å². The number of benzene rings is 1. The Balaban J connectivity index is 2.74. The summed E-state index contributed by atoms with van der Waals surface area (Å²) in [4.78, 5) is 0. The standard InChI is InChI=1S/C8H11O2Si/c9-6-11(7-10)8-4-2-1-3-5-8/h1-5,9-10H,6-7H2. The van der Waals surface area contributed by atoms with Crippen molar-refractivity contribution in [2.45, 2.75) is 0 Å². The summed E-state index contributed by atoms with van der Waals surface area (Å²) in [6, 6.07) is 9.66. The summed E-state index contributed by atoms with van der Waals surface area (Å²) >= 11 is 0. The zero-order valence-corrected chi connectivity index (χ0v) is 7.20. The lowest BCUT2D eigenvalue weighted by Gasteiger charge is -2.07. The Morgan fingerprint density at radius 3 is 2.00 bits per heavy atom. The second-order valence-electron chi connectivity index (χ2n) is 2.29. The van der Waals surface area contributed by atoms with Crippen molar-refractivity contribution in [1.82, 2.24) is 0 Å². The van der Waals surface area contributed by atoms with Crippen LogP contribution < -0.4 is 5.19 Å². The Hall–Kier alpha value is -0.643. The predicted octanol–water partition coefficient (Wildman–Crippen LogP) is -0.549. The van der Waals surface area contributed by atoms with E-state index in [-0.39, 0.29) is 12.5 Å². The molecule has 0 fully saturated rings. The molecule has 11 heavy (non-hydrogen) atoms. The Morgan fingerprint density at radius 1 is 1.00 bits per heavy atom. The minimum Gasteiger partial charge on any atom is -0.399 e.